The van der Waals surface area contributed by atoms with Crippen molar-refractivity contribution in [3.05, 3.63) is 42.1 Å². The van der Waals surface area contributed by atoms with Gasteiger partial charge in [0.15, 0.2) is 0 Å². The van der Waals surface area contributed by atoms with Crippen LogP contribution in [0.2, 0.25) is 0 Å². The van der Waals surface area contributed by atoms with Gasteiger partial charge in [-0.1, -0.05) is 19.1 Å². The van der Waals surface area contributed by atoms with Crippen molar-refractivity contribution >= 4 is 11.8 Å². The summed E-state index contributed by atoms with van der Waals surface area (Å²) in [4.78, 5) is 34.7. The lowest BCUT2D eigenvalue weighted by molar-refractivity contribution is -0.138. The fourth-order valence-electron chi connectivity index (χ4n) is 4.88. The van der Waals surface area contributed by atoms with Gasteiger partial charge >= 0.3 is 0 Å². The van der Waals surface area contributed by atoms with Gasteiger partial charge in [-0.05, 0) is 43.5 Å². The summed E-state index contributed by atoms with van der Waals surface area (Å²) in [5.41, 5.74) is 2.00. The number of likely N-dealkylation sites (N-methyl/N-ethyl adjacent to an activating group) is 1. The molecule has 2 aliphatic heterocycles. The number of pyridine rings is 1. The van der Waals surface area contributed by atoms with Crippen molar-refractivity contribution < 1.29 is 28.9 Å². The Morgan fingerprint density at radius 3 is 2.59 bits per heavy atom. The normalized spacial score (nSPS) is 21.3. The molecular weight excluding hydrogens is 474 g/mol. The molecule has 2 aliphatic rings. The predicted octanol–water partition coefficient (Wildman–Crippen LogP) is 2.86. The molecule has 1 fully saturated rings. The molecule has 0 unspecified atom stereocenters. The third-order valence-electron chi connectivity index (χ3n) is 7.34. The molecule has 37 heavy (non-hydrogen) atoms. The first kappa shape index (κ1) is 26.9. The number of carbonyl (C=O) groups excluding carboxylic acids is 2. The first-order valence-electron chi connectivity index (χ1n) is 12.9. The quantitative estimate of drug-likeness (QED) is 0.610. The van der Waals surface area contributed by atoms with Crippen LogP contribution in [-0.4, -0.2) is 90.9 Å². The molecule has 0 spiro atoms. The summed E-state index contributed by atoms with van der Waals surface area (Å²) < 4.78 is 17.0. The third kappa shape index (κ3) is 6.05. The zero-order valence-electron chi connectivity index (χ0n) is 22.1. The number of carbonyl (C=O) groups is 2. The summed E-state index contributed by atoms with van der Waals surface area (Å²) in [6.45, 7) is 5.62. The molecular formula is C28H37N3O6. The number of amides is 2. The number of nitrogens with zero attached hydrogens (tertiary/aromatic N) is 3. The lowest BCUT2D eigenvalue weighted by Gasteiger charge is -2.38. The highest BCUT2D eigenvalue weighted by Crippen LogP contribution is 2.31. The van der Waals surface area contributed by atoms with E-state index in [0.29, 0.717) is 31.9 Å². The van der Waals surface area contributed by atoms with Gasteiger partial charge in [0, 0.05) is 50.4 Å². The van der Waals surface area contributed by atoms with Crippen molar-refractivity contribution in [3.8, 4) is 22.8 Å². The second-order valence-corrected chi connectivity index (χ2v) is 10.0. The van der Waals surface area contributed by atoms with E-state index in [-0.39, 0.29) is 48.3 Å². The Hall–Kier alpha value is -3.17. The van der Waals surface area contributed by atoms with Crippen LogP contribution in [0.1, 0.15) is 37.0 Å². The number of hydrogen-bond donors (Lipinski definition) is 1. The number of aliphatic hydroxyl groups is 1. The Balaban J connectivity index is 1.64. The van der Waals surface area contributed by atoms with Crippen molar-refractivity contribution in [2.45, 2.75) is 38.8 Å². The van der Waals surface area contributed by atoms with Crippen molar-refractivity contribution in [1.29, 1.82) is 0 Å². The minimum atomic E-state index is -0.382. The Bertz CT molecular complexity index is 1090. The maximum atomic E-state index is 13.7. The van der Waals surface area contributed by atoms with E-state index < -0.39 is 0 Å². The smallest absolute Gasteiger partial charge is 0.259 e. The molecule has 9 nitrogen and oxygen atoms in total. The average molecular weight is 512 g/mol. The summed E-state index contributed by atoms with van der Waals surface area (Å²) in [5, 5.41) is 9.90. The van der Waals surface area contributed by atoms with Gasteiger partial charge in [0.05, 0.1) is 26.3 Å². The molecule has 1 aromatic heterocycles. The summed E-state index contributed by atoms with van der Waals surface area (Å²) in [6.07, 6.45) is 2.75. The Morgan fingerprint density at radius 2 is 1.95 bits per heavy atom. The van der Waals surface area contributed by atoms with Crippen LogP contribution in [0.3, 0.4) is 0 Å². The fourth-order valence-corrected chi connectivity index (χ4v) is 4.88. The highest BCUT2D eigenvalue weighted by molar-refractivity contribution is 5.98. The highest BCUT2D eigenvalue weighted by Gasteiger charge is 2.35. The molecule has 9 heteroatoms. The van der Waals surface area contributed by atoms with Crippen molar-refractivity contribution in [2.24, 2.45) is 11.8 Å². The second-order valence-electron chi connectivity index (χ2n) is 10.0. The molecule has 0 aliphatic carbocycles. The number of hydrogen-bond acceptors (Lipinski definition) is 7. The lowest BCUT2D eigenvalue weighted by atomic mass is 9.97. The minimum Gasteiger partial charge on any atom is -0.497 e. The van der Waals surface area contributed by atoms with Crippen molar-refractivity contribution in [2.75, 3.05) is 47.1 Å². The molecule has 4 rings (SSSR count). The first-order valence-corrected chi connectivity index (χ1v) is 12.9. The maximum Gasteiger partial charge on any atom is 0.259 e. The Morgan fingerprint density at radius 1 is 1.24 bits per heavy atom. The van der Waals surface area contributed by atoms with Gasteiger partial charge in [0.25, 0.3) is 5.91 Å². The van der Waals surface area contributed by atoms with Gasteiger partial charge in [-0.3, -0.25) is 9.59 Å². The van der Waals surface area contributed by atoms with E-state index in [4.69, 9.17) is 14.2 Å². The maximum absolute atomic E-state index is 13.7. The summed E-state index contributed by atoms with van der Waals surface area (Å²) in [6, 6.07) is 8.93. The van der Waals surface area contributed by atoms with E-state index in [1.165, 1.54) is 0 Å². The molecule has 200 valence electrons. The monoisotopic (exact) mass is 511 g/mol. The standard InChI is InChI=1S/C28H37N3O6/c1-18-15-31(19(2)17-32)28(34)24-13-22(20-5-7-23(35-4)8-6-20)14-29-26(24)37-25(18)16-30(3)27(33)21-9-11-36-12-10-21/h5-8,13-14,18-19,21,25,32H,9-12,15-17H2,1-4H3/t18-,19-,25+/m1/s1. The topological polar surface area (TPSA) is 101 Å². The molecule has 3 heterocycles. The minimum absolute atomic E-state index is 0.0486. The van der Waals surface area contributed by atoms with Crippen LogP contribution in [0.15, 0.2) is 36.5 Å². The molecule has 2 aromatic rings. The fraction of sp³-hybridized carbons (Fsp3) is 0.536. The van der Waals surface area contributed by atoms with Crippen LogP contribution in [0, 0.1) is 11.8 Å². The number of benzene rings is 1. The van der Waals surface area contributed by atoms with Crippen LogP contribution >= 0.6 is 0 Å². The molecule has 1 aromatic carbocycles. The zero-order valence-corrected chi connectivity index (χ0v) is 22.1. The van der Waals surface area contributed by atoms with E-state index in [1.807, 2.05) is 38.1 Å². The molecule has 2 amide bonds. The number of ether oxygens (including phenoxy) is 3. The van der Waals surface area contributed by atoms with Gasteiger partial charge < -0.3 is 29.1 Å². The van der Waals surface area contributed by atoms with E-state index in [1.54, 1.807) is 36.2 Å². The van der Waals surface area contributed by atoms with Crippen LogP contribution in [0.5, 0.6) is 11.6 Å². The van der Waals surface area contributed by atoms with Crippen molar-refractivity contribution in [1.82, 2.24) is 14.8 Å². The molecule has 1 saturated heterocycles. The van der Waals surface area contributed by atoms with Gasteiger partial charge in [0.2, 0.25) is 11.8 Å². The SMILES string of the molecule is COc1ccc(-c2cnc3c(c2)C(=O)N([C@H](C)CO)C[C@@H](C)[C@H](CN(C)C(=O)C2CCOCC2)O3)cc1. The van der Waals surface area contributed by atoms with E-state index in [0.717, 1.165) is 29.7 Å². The second kappa shape index (κ2) is 11.9. The Kier molecular flexibility index (Phi) is 8.66. The molecule has 0 bridgehead atoms. The number of fused-ring (bicyclic) bond motifs is 1. The van der Waals surface area contributed by atoms with Gasteiger partial charge in [-0.25, -0.2) is 4.98 Å². The molecule has 0 saturated carbocycles. The van der Waals surface area contributed by atoms with Crippen LogP contribution in [0.25, 0.3) is 11.1 Å². The van der Waals surface area contributed by atoms with E-state index >= 15 is 0 Å². The molecule has 3 atom stereocenters. The van der Waals surface area contributed by atoms with Gasteiger partial charge in [0.1, 0.15) is 17.4 Å². The van der Waals surface area contributed by atoms with Gasteiger partial charge in [-0.15, -0.1) is 0 Å². The average Bonchev–Trinajstić information content (AvgIpc) is 2.94. The Labute approximate surface area is 218 Å². The van der Waals surface area contributed by atoms with Crippen molar-refractivity contribution in [3.63, 3.8) is 0 Å². The molecule has 0 radical (unpaired) electrons. The van der Waals surface area contributed by atoms with Gasteiger partial charge in [-0.2, -0.15) is 0 Å². The van der Waals surface area contributed by atoms with E-state index in [9.17, 15) is 14.7 Å². The van der Waals surface area contributed by atoms with Crippen LogP contribution in [-0.2, 0) is 9.53 Å². The van der Waals surface area contributed by atoms with Crippen LogP contribution in [0.4, 0.5) is 0 Å². The first-order chi connectivity index (χ1) is 17.8. The largest absolute Gasteiger partial charge is 0.497 e. The lowest BCUT2D eigenvalue weighted by Crippen LogP contribution is -2.51. The number of rotatable bonds is 7. The molecule has 1 N–H and O–H groups in total. The third-order valence-corrected chi connectivity index (χ3v) is 7.34. The highest BCUT2D eigenvalue weighted by atomic mass is 16.5. The number of methoxy groups -OCH3 is 1. The van der Waals surface area contributed by atoms with E-state index in [2.05, 4.69) is 4.98 Å². The zero-order chi connectivity index (χ0) is 26.5. The predicted molar refractivity (Wildman–Crippen MR) is 139 cm³/mol. The summed E-state index contributed by atoms with van der Waals surface area (Å²) in [7, 11) is 3.41. The number of aromatic nitrogens is 1. The number of aliphatic hydroxyl groups excluding tert-OH is 1. The summed E-state index contributed by atoms with van der Waals surface area (Å²) in [5.74, 6) is 0.673. The van der Waals surface area contributed by atoms with Crippen LogP contribution < -0.4 is 9.47 Å². The summed E-state index contributed by atoms with van der Waals surface area (Å²) >= 11 is 0.